The van der Waals surface area contributed by atoms with E-state index in [-0.39, 0.29) is 10.6 Å². The molecule has 0 spiro atoms. The van der Waals surface area contributed by atoms with Crippen LogP contribution in [-0.4, -0.2) is 8.42 Å². The highest BCUT2D eigenvalue weighted by molar-refractivity contribution is 7.87. The molecule has 0 amide bonds. The monoisotopic (exact) mass is 287 g/mol. The first kappa shape index (κ1) is 14.1. The van der Waals surface area contributed by atoms with E-state index >= 15 is 0 Å². The maximum atomic E-state index is 12.1. The van der Waals surface area contributed by atoms with Gasteiger partial charge in [0.25, 0.3) is 0 Å². The summed E-state index contributed by atoms with van der Waals surface area (Å²) in [7, 11) is -3.88. The van der Waals surface area contributed by atoms with Crippen molar-refractivity contribution in [3.8, 4) is 11.8 Å². The lowest BCUT2D eigenvalue weighted by atomic mass is 10.1. The molecule has 2 aromatic carbocycles. The average molecular weight is 287 g/mol. The molecule has 2 aromatic rings. The van der Waals surface area contributed by atoms with Crippen molar-refractivity contribution in [3.05, 3.63) is 59.2 Å². The Hall–Kier alpha value is -2.32. The molecule has 0 saturated heterocycles. The summed E-state index contributed by atoms with van der Waals surface area (Å²) in [5.41, 5.74) is 2.25. The van der Waals surface area contributed by atoms with E-state index in [1.165, 1.54) is 24.3 Å². The van der Waals surface area contributed by atoms with Crippen molar-refractivity contribution in [1.82, 2.24) is 0 Å². The second kappa shape index (κ2) is 5.35. The van der Waals surface area contributed by atoms with E-state index in [1.807, 2.05) is 26.0 Å². The molecule has 0 aliphatic carbocycles. The van der Waals surface area contributed by atoms with Gasteiger partial charge in [0.05, 0.1) is 11.6 Å². The zero-order chi connectivity index (χ0) is 14.8. The van der Waals surface area contributed by atoms with Gasteiger partial charge >= 0.3 is 10.1 Å². The van der Waals surface area contributed by atoms with Crippen molar-refractivity contribution in [3.63, 3.8) is 0 Å². The van der Waals surface area contributed by atoms with E-state index in [4.69, 9.17) is 9.44 Å². The molecule has 0 atom stereocenters. The Kier molecular flexibility index (Phi) is 3.77. The number of hydrogen-bond acceptors (Lipinski definition) is 4. The molecule has 2 rings (SSSR count). The van der Waals surface area contributed by atoms with Gasteiger partial charge in [0.2, 0.25) is 0 Å². The molecule has 4 nitrogen and oxygen atoms in total. The number of benzene rings is 2. The highest BCUT2D eigenvalue weighted by Crippen LogP contribution is 2.21. The van der Waals surface area contributed by atoms with Crippen LogP contribution in [0.5, 0.6) is 5.75 Å². The minimum atomic E-state index is -3.88. The summed E-state index contributed by atoms with van der Waals surface area (Å²) < 4.78 is 29.3. The molecule has 0 N–H and O–H groups in total. The first-order valence-corrected chi connectivity index (χ1v) is 7.34. The molecule has 0 aromatic heterocycles. The molecule has 0 radical (unpaired) electrons. The maximum Gasteiger partial charge on any atom is 0.339 e. The predicted octanol–water partition coefficient (Wildman–Crippen LogP) is 2.94. The molecule has 0 unspecified atom stereocenters. The van der Waals surface area contributed by atoms with Gasteiger partial charge in [0.1, 0.15) is 10.6 Å². The Balaban J connectivity index is 2.33. The van der Waals surface area contributed by atoms with Crippen molar-refractivity contribution in [2.24, 2.45) is 0 Å². The Morgan fingerprint density at radius 1 is 1.00 bits per heavy atom. The molecule has 0 heterocycles. The molecule has 0 aliphatic heterocycles. The van der Waals surface area contributed by atoms with E-state index in [0.29, 0.717) is 5.56 Å². The van der Waals surface area contributed by atoms with Crippen LogP contribution in [0.4, 0.5) is 0 Å². The number of nitrogens with zero attached hydrogens (tertiary/aromatic N) is 1. The maximum absolute atomic E-state index is 12.1. The van der Waals surface area contributed by atoms with Crippen LogP contribution in [0.15, 0.2) is 47.4 Å². The van der Waals surface area contributed by atoms with Crippen LogP contribution >= 0.6 is 0 Å². The third-order valence-electron chi connectivity index (χ3n) is 2.67. The number of rotatable bonds is 3. The van der Waals surface area contributed by atoms with Crippen LogP contribution in [-0.2, 0) is 10.1 Å². The van der Waals surface area contributed by atoms with Crippen molar-refractivity contribution < 1.29 is 12.6 Å². The van der Waals surface area contributed by atoms with Gasteiger partial charge in [0, 0.05) is 0 Å². The highest BCUT2D eigenvalue weighted by atomic mass is 32.2. The molecule has 0 saturated carbocycles. The second-order valence-electron chi connectivity index (χ2n) is 4.50. The fourth-order valence-corrected chi connectivity index (χ4v) is 2.77. The van der Waals surface area contributed by atoms with Gasteiger partial charge in [-0.05, 0) is 61.4 Å². The lowest BCUT2D eigenvalue weighted by Gasteiger charge is -2.08. The summed E-state index contributed by atoms with van der Waals surface area (Å²) >= 11 is 0. The molecule has 102 valence electrons. The smallest absolute Gasteiger partial charge is 0.339 e. The van der Waals surface area contributed by atoms with Gasteiger partial charge in [-0.1, -0.05) is 6.07 Å². The zero-order valence-electron chi connectivity index (χ0n) is 11.1. The van der Waals surface area contributed by atoms with Gasteiger partial charge in [-0.25, -0.2) is 0 Å². The minimum absolute atomic E-state index is 0.0238. The first-order chi connectivity index (χ1) is 9.40. The van der Waals surface area contributed by atoms with Crippen LogP contribution in [0.3, 0.4) is 0 Å². The fraction of sp³-hybridized carbons (Fsp3) is 0.133. The summed E-state index contributed by atoms with van der Waals surface area (Å²) in [4.78, 5) is 0.0238. The van der Waals surface area contributed by atoms with Crippen LogP contribution in [0.2, 0.25) is 0 Å². The summed E-state index contributed by atoms with van der Waals surface area (Å²) in [6.07, 6.45) is 0. The summed E-state index contributed by atoms with van der Waals surface area (Å²) in [6.45, 7) is 3.74. The van der Waals surface area contributed by atoms with Gasteiger partial charge in [0.15, 0.2) is 0 Å². The van der Waals surface area contributed by atoms with Gasteiger partial charge in [-0.15, -0.1) is 0 Å². The number of nitriles is 1. The third-order valence-corrected chi connectivity index (χ3v) is 3.93. The predicted molar refractivity (Wildman–Crippen MR) is 74.9 cm³/mol. The molecule has 5 heteroatoms. The molecular formula is C15H13NO3S. The van der Waals surface area contributed by atoms with Crippen molar-refractivity contribution >= 4 is 10.1 Å². The average Bonchev–Trinajstić information content (AvgIpc) is 2.37. The Morgan fingerprint density at radius 3 is 2.05 bits per heavy atom. The molecule has 0 fully saturated rings. The summed E-state index contributed by atoms with van der Waals surface area (Å²) in [5.74, 6) is 0.284. The van der Waals surface area contributed by atoms with Crippen LogP contribution in [0.1, 0.15) is 16.7 Å². The molecule has 20 heavy (non-hydrogen) atoms. The largest absolute Gasteiger partial charge is 0.379 e. The van der Waals surface area contributed by atoms with Crippen molar-refractivity contribution in [2.45, 2.75) is 18.7 Å². The standard InChI is InChI=1S/C15H13NO3S/c1-11-7-12(2)9-14(8-11)19-20(17,18)15-5-3-13(10-16)4-6-15/h3-9H,1-2H3. The lowest BCUT2D eigenvalue weighted by Crippen LogP contribution is -2.09. The van der Waals surface area contributed by atoms with Crippen molar-refractivity contribution in [1.29, 1.82) is 5.26 Å². The minimum Gasteiger partial charge on any atom is -0.379 e. The quantitative estimate of drug-likeness (QED) is 0.814. The normalized spacial score (nSPS) is 10.8. The van der Waals surface area contributed by atoms with E-state index < -0.39 is 10.1 Å². The van der Waals surface area contributed by atoms with Gasteiger partial charge < -0.3 is 4.18 Å². The van der Waals surface area contributed by atoms with Gasteiger partial charge in [-0.3, -0.25) is 0 Å². The molecular weight excluding hydrogens is 274 g/mol. The van der Waals surface area contributed by atoms with Crippen molar-refractivity contribution in [2.75, 3.05) is 0 Å². The third kappa shape index (κ3) is 3.16. The Morgan fingerprint density at radius 2 is 1.55 bits per heavy atom. The Labute approximate surface area is 118 Å². The van der Waals surface area contributed by atoms with E-state index in [9.17, 15) is 8.42 Å². The van der Waals surface area contributed by atoms with E-state index in [1.54, 1.807) is 12.1 Å². The van der Waals surface area contributed by atoms with Gasteiger partial charge in [-0.2, -0.15) is 13.7 Å². The number of aryl methyl sites for hydroxylation is 2. The van der Waals surface area contributed by atoms with Crippen LogP contribution < -0.4 is 4.18 Å². The SMILES string of the molecule is Cc1cc(C)cc(OS(=O)(=O)c2ccc(C#N)cc2)c1. The molecule has 0 bridgehead atoms. The molecule has 0 aliphatic rings. The second-order valence-corrected chi connectivity index (χ2v) is 6.04. The van der Waals surface area contributed by atoms with E-state index in [2.05, 4.69) is 0 Å². The topological polar surface area (TPSA) is 67.2 Å². The fourth-order valence-electron chi connectivity index (χ4n) is 1.85. The van der Waals surface area contributed by atoms with Crippen LogP contribution in [0, 0.1) is 25.2 Å². The Bertz CT molecular complexity index is 752. The van der Waals surface area contributed by atoms with E-state index in [0.717, 1.165) is 11.1 Å². The number of hydrogen-bond donors (Lipinski definition) is 0. The zero-order valence-corrected chi connectivity index (χ0v) is 11.9. The first-order valence-electron chi connectivity index (χ1n) is 5.94. The summed E-state index contributed by atoms with van der Waals surface area (Å²) in [6, 6.07) is 12.8. The lowest BCUT2D eigenvalue weighted by molar-refractivity contribution is 0.485. The van der Waals surface area contributed by atoms with Crippen LogP contribution in [0.25, 0.3) is 0 Å². The summed E-state index contributed by atoms with van der Waals surface area (Å²) in [5, 5.41) is 8.70. The highest BCUT2D eigenvalue weighted by Gasteiger charge is 2.16.